The van der Waals surface area contributed by atoms with Crippen LogP contribution >= 0.6 is 0 Å². The third-order valence-corrected chi connectivity index (χ3v) is 4.35. The number of pyridine rings is 1. The lowest BCUT2D eigenvalue weighted by Gasteiger charge is -2.07. The lowest BCUT2D eigenvalue weighted by atomic mass is 10.1. The van der Waals surface area contributed by atoms with Gasteiger partial charge in [0.1, 0.15) is 22.8 Å². The summed E-state index contributed by atoms with van der Waals surface area (Å²) in [4.78, 5) is 27.3. The van der Waals surface area contributed by atoms with E-state index in [4.69, 9.17) is 9.15 Å². The van der Waals surface area contributed by atoms with Crippen LogP contribution in [-0.2, 0) is 4.79 Å². The van der Waals surface area contributed by atoms with Crippen molar-refractivity contribution in [3.63, 3.8) is 0 Å². The van der Waals surface area contributed by atoms with Crippen LogP contribution in [-0.4, -0.2) is 29.7 Å². The van der Waals surface area contributed by atoms with Crippen LogP contribution in [0.4, 0.5) is 0 Å². The van der Waals surface area contributed by atoms with Crippen molar-refractivity contribution in [2.24, 2.45) is 5.10 Å². The Hall–Kier alpha value is -4.46. The molecule has 0 saturated heterocycles. The summed E-state index contributed by atoms with van der Waals surface area (Å²) in [6.07, 6.45) is 3.00. The fourth-order valence-corrected chi connectivity index (χ4v) is 2.91. The van der Waals surface area contributed by atoms with Gasteiger partial charge in [0, 0.05) is 17.1 Å². The molecule has 154 valence electrons. The number of fused-ring (bicyclic) bond motifs is 1. The van der Waals surface area contributed by atoms with Crippen LogP contribution in [0.1, 0.15) is 16.1 Å². The fraction of sp³-hybridized carbons (Fsp3) is 0.0435. The number of carboxylic acids is 1. The summed E-state index contributed by atoms with van der Waals surface area (Å²) >= 11 is 0. The predicted molar refractivity (Wildman–Crippen MR) is 111 cm³/mol. The molecule has 0 aliphatic heterocycles. The average Bonchev–Trinajstić information content (AvgIpc) is 3.27. The first kappa shape index (κ1) is 19.8. The SMILES string of the molecule is O=C(COc1cccc2cccnc12)N/N=C\c1ccc(-c2cccc(C(=O)[O-])c2)o1. The Morgan fingerprint density at radius 2 is 1.94 bits per heavy atom. The Bertz CT molecular complexity index is 1270. The van der Waals surface area contributed by atoms with Crippen molar-refractivity contribution in [1.82, 2.24) is 10.4 Å². The molecule has 0 aliphatic carbocycles. The zero-order valence-corrected chi connectivity index (χ0v) is 16.1. The first-order chi connectivity index (χ1) is 15.1. The number of hydrazone groups is 1. The zero-order chi connectivity index (χ0) is 21.6. The van der Waals surface area contributed by atoms with E-state index >= 15 is 0 Å². The Labute approximate surface area is 176 Å². The molecular formula is C23H16N3O5-. The summed E-state index contributed by atoms with van der Waals surface area (Å²) in [6.45, 7) is -0.230. The minimum absolute atomic E-state index is 0.0535. The normalized spacial score (nSPS) is 11.0. The van der Waals surface area contributed by atoms with Gasteiger partial charge in [-0.25, -0.2) is 5.43 Å². The molecule has 0 unspecified atom stereocenters. The predicted octanol–water partition coefficient (Wildman–Crippen LogP) is 2.39. The third-order valence-electron chi connectivity index (χ3n) is 4.35. The van der Waals surface area contributed by atoms with Gasteiger partial charge in [-0.05, 0) is 35.9 Å². The van der Waals surface area contributed by atoms with E-state index in [1.165, 1.54) is 18.3 Å². The second-order valence-electron chi connectivity index (χ2n) is 6.48. The van der Waals surface area contributed by atoms with Gasteiger partial charge in [0.25, 0.3) is 5.91 Å². The maximum Gasteiger partial charge on any atom is 0.277 e. The van der Waals surface area contributed by atoms with Crippen molar-refractivity contribution in [3.05, 3.63) is 84.3 Å². The Kier molecular flexibility index (Phi) is 5.70. The van der Waals surface area contributed by atoms with Gasteiger partial charge in [0.2, 0.25) is 0 Å². The summed E-state index contributed by atoms with van der Waals surface area (Å²) in [7, 11) is 0. The molecule has 2 heterocycles. The molecule has 2 aromatic carbocycles. The number of carbonyl (C=O) groups excluding carboxylic acids is 2. The van der Waals surface area contributed by atoms with E-state index in [9.17, 15) is 14.7 Å². The molecule has 0 fully saturated rings. The number of nitrogens with zero attached hydrogens (tertiary/aromatic N) is 2. The molecule has 0 saturated carbocycles. The van der Waals surface area contributed by atoms with Crippen molar-refractivity contribution in [2.75, 3.05) is 6.61 Å². The van der Waals surface area contributed by atoms with Gasteiger partial charge in [-0.1, -0.05) is 36.4 Å². The van der Waals surface area contributed by atoms with E-state index in [0.29, 0.717) is 28.4 Å². The van der Waals surface area contributed by atoms with Gasteiger partial charge in [0.05, 0.1) is 12.2 Å². The van der Waals surface area contributed by atoms with Gasteiger partial charge in [-0.15, -0.1) is 0 Å². The molecule has 1 amide bonds. The molecule has 8 nitrogen and oxygen atoms in total. The van der Waals surface area contributed by atoms with E-state index < -0.39 is 11.9 Å². The number of hydrogen-bond acceptors (Lipinski definition) is 7. The molecule has 2 aromatic heterocycles. The highest BCUT2D eigenvalue weighted by molar-refractivity contribution is 5.88. The average molecular weight is 414 g/mol. The standard InChI is InChI=1S/C23H17N3O5/c27-21(14-30-20-8-2-4-15-7-3-11-24-22(15)20)26-25-13-18-9-10-19(31-18)16-5-1-6-17(12-16)23(28)29/h1-13H,14H2,(H,26,27)(H,28,29)/p-1/b25-13-. The number of furan rings is 1. The number of amides is 1. The van der Waals surface area contributed by atoms with Gasteiger partial charge < -0.3 is 19.1 Å². The van der Waals surface area contributed by atoms with Crippen LogP contribution < -0.4 is 15.3 Å². The van der Waals surface area contributed by atoms with Crippen LogP contribution in [0.15, 0.2) is 82.4 Å². The van der Waals surface area contributed by atoms with Crippen molar-refractivity contribution in [3.8, 4) is 17.1 Å². The molecule has 4 rings (SSSR count). The minimum atomic E-state index is -1.26. The molecule has 0 radical (unpaired) electrons. The number of carboxylic acid groups (broad SMARTS) is 1. The fourth-order valence-electron chi connectivity index (χ4n) is 2.91. The second-order valence-corrected chi connectivity index (χ2v) is 6.48. The first-order valence-electron chi connectivity index (χ1n) is 9.30. The van der Waals surface area contributed by atoms with E-state index in [1.807, 2.05) is 24.3 Å². The molecule has 0 spiro atoms. The molecule has 0 aliphatic rings. The molecular weight excluding hydrogens is 398 g/mol. The summed E-state index contributed by atoms with van der Waals surface area (Å²) in [5, 5.41) is 15.8. The van der Waals surface area contributed by atoms with Gasteiger partial charge in [0.15, 0.2) is 6.61 Å². The maximum absolute atomic E-state index is 12.0. The lowest BCUT2D eigenvalue weighted by Crippen LogP contribution is -2.24. The minimum Gasteiger partial charge on any atom is -0.545 e. The van der Waals surface area contributed by atoms with Gasteiger partial charge in [-0.3, -0.25) is 9.78 Å². The molecule has 0 bridgehead atoms. The monoisotopic (exact) mass is 414 g/mol. The van der Waals surface area contributed by atoms with Crippen LogP contribution in [0.2, 0.25) is 0 Å². The van der Waals surface area contributed by atoms with Crippen LogP contribution in [0, 0.1) is 0 Å². The Morgan fingerprint density at radius 1 is 1.10 bits per heavy atom. The van der Waals surface area contributed by atoms with Crippen LogP contribution in [0.25, 0.3) is 22.2 Å². The lowest BCUT2D eigenvalue weighted by molar-refractivity contribution is -0.255. The quantitative estimate of drug-likeness (QED) is 0.367. The first-order valence-corrected chi connectivity index (χ1v) is 9.30. The van der Waals surface area contributed by atoms with Crippen molar-refractivity contribution in [1.29, 1.82) is 0 Å². The number of ether oxygens (including phenoxy) is 1. The van der Waals surface area contributed by atoms with E-state index in [2.05, 4.69) is 15.5 Å². The van der Waals surface area contributed by atoms with E-state index in [0.717, 1.165) is 5.39 Å². The maximum atomic E-state index is 12.0. The zero-order valence-electron chi connectivity index (χ0n) is 16.1. The van der Waals surface area contributed by atoms with Crippen molar-refractivity contribution >= 4 is 29.0 Å². The highest BCUT2D eigenvalue weighted by Gasteiger charge is 2.07. The number of aromatic carboxylic acids is 1. The van der Waals surface area contributed by atoms with Crippen molar-refractivity contribution < 1.29 is 23.8 Å². The molecule has 31 heavy (non-hydrogen) atoms. The number of carbonyl (C=O) groups is 2. The summed E-state index contributed by atoms with van der Waals surface area (Å²) in [5.41, 5.74) is 3.67. The largest absolute Gasteiger partial charge is 0.545 e. The summed E-state index contributed by atoms with van der Waals surface area (Å²) < 4.78 is 11.2. The molecule has 0 atom stereocenters. The summed E-state index contributed by atoms with van der Waals surface area (Å²) in [6, 6.07) is 18.7. The number of benzene rings is 2. The third kappa shape index (κ3) is 4.76. The Balaban J connectivity index is 1.34. The highest BCUT2D eigenvalue weighted by atomic mass is 16.5. The number of aromatic nitrogens is 1. The topological polar surface area (TPSA) is 117 Å². The smallest absolute Gasteiger partial charge is 0.277 e. The number of nitrogens with one attached hydrogen (secondary N) is 1. The summed E-state index contributed by atoms with van der Waals surface area (Å²) in [5.74, 6) is -0.361. The van der Waals surface area contributed by atoms with E-state index in [1.54, 1.807) is 36.5 Å². The van der Waals surface area contributed by atoms with Crippen molar-refractivity contribution in [2.45, 2.75) is 0 Å². The molecule has 4 aromatic rings. The number of para-hydroxylation sites is 1. The van der Waals surface area contributed by atoms with Gasteiger partial charge in [-0.2, -0.15) is 5.10 Å². The number of rotatable bonds is 7. The highest BCUT2D eigenvalue weighted by Crippen LogP contribution is 2.23. The molecule has 1 N–H and O–H groups in total. The van der Waals surface area contributed by atoms with Crippen LogP contribution in [0.3, 0.4) is 0 Å². The number of hydrogen-bond donors (Lipinski definition) is 1. The second kappa shape index (κ2) is 8.91. The van der Waals surface area contributed by atoms with Gasteiger partial charge >= 0.3 is 0 Å². The van der Waals surface area contributed by atoms with E-state index in [-0.39, 0.29) is 12.2 Å². The van der Waals surface area contributed by atoms with Crippen LogP contribution in [0.5, 0.6) is 5.75 Å². The Morgan fingerprint density at radius 3 is 2.81 bits per heavy atom. The molecule has 8 heteroatoms.